The quantitative estimate of drug-likeness (QED) is 0.299. The van der Waals surface area contributed by atoms with Gasteiger partial charge in [0.1, 0.15) is 23.3 Å². The van der Waals surface area contributed by atoms with Crippen molar-refractivity contribution in [3.05, 3.63) is 47.9 Å². The van der Waals surface area contributed by atoms with Gasteiger partial charge in [-0.1, -0.05) is 0 Å². The first-order valence-electron chi connectivity index (χ1n) is 13.1. The summed E-state index contributed by atoms with van der Waals surface area (Å²) in [4.78, 5) is 31.0. The van der Waals surface area contributed by atoms with Gasteiger partial charge in [0.25, 0.3) is 5.91 Å². The number of fused-ring (bicyclic) bond motifs is 1. The van der Waals surface area contributed by atoms with E-state index in [-0.39, 0.29) is 37.2 Å². The molecule has 4 aromatic heterocycles. The smallest absolute Gasteiger partial charge is 0.383 e. The standard InChI is InChI=1S/C26H25F4N11O/c27-18-15(1-7-34-20(18)26(28,29)30)24(42)39-9-3-14(4-10-39)40-11-25(12-40,5-6-31)41-22(33)17(21(32)38-41)19-16-2-8-35-23(16)37-13-36-19/h1-2,7-8,13-14H,3-5,9-12,33H2,(H2,32,38)(H,35,36,37). The number of halogens is 4. The molecule has 5 N–H and O–H groups in total. The van der Waals surface area contributed by atoms with Gasteiger partial charge in [0.15, 0.2) is 17.3 Å². The van der Waals surface area contributed by atoms with Gasteiger partial charge in [-0.2, -0.15) is 23.5 Å². The number of nitrogens with two attached hydrogens (primary N) is 2. The lowest BCUT2D eigenvalue weighted by Crippen LogP contribution is -2.66. The molecule has 2 aliphatic rings. The highest BCUT2D eigenvalue weighted by Crippen LogP contribution is 2.42. The van der Waals surface area contributed by atoms with Crippen molar-refractivity contribution in [1.82, 2.24) is 39.5 Å². The van der Waals surface area contributed by atoms with Crippen molar-refractivity contribution in [3.8, 4) is 17.3 Å². The average molecular weight is 584 g/mol. The van der Waals surface area contributed by atoms with E-state index in [0.717, 1.165) is 17.6 Å². The van der Waals surface area contributed by atoms with E-state index < -0.39 is 34.7 Å². The topological polar surface area (TPSA) is 172 Å². The summed E-state index contributed by atoms with van der Waals surface area (Å²) in [6.07, 6.45) is 0.0581. The molecule has 0 saturated carbocycles. The SMILES string of the molecule is N#CCC1(n2nc(N)c(-c3ncnc4[nH]ccc34)c2N)CN(C2CCN(C(=O)c3ccnc(C(F)(F)F)c3F)CC2)C1. The number of amides is 1. The number of hydrogen-bond donors (Lipinski definition) is 3. The minimum Gasteiger partial charge on any atom is -0.383 e. The van der Waals surface area contributed by atoms with Crippen LogP contribution in [0.3, 0.4) is 0 Å². The molecule has 0 spiro atoms. The first-order valence-corrected chi connectivity index (χ1v) is 13.1. The fourth-order valence-electron chi connectivity index (χ4n) is 5.97. The maximum atomic E-state index is 14.5. The number of carbonyl (C=O) groups excluding carboxylic acids is 1. The van der Waals surface area contributed by atoms with Gasteiger partial charge >= 0.3 is 6.18 Å². The van der Waals surface area contributed by atoms with Gasteiger partial charge in [-0.25, -0.2) is 24.0 Å². The lowest BCUT2D eigenvalue weighted by Gasteiger charge is -2.53. The summed E-state index contributed by atoms with van der Waals surface area (Å²) in [6, 6.07) is 5.03. The van der Waals surface area contributed by atoms with E-state index in [1.165, 1.54) is 11.2 Å². The van der Waals surface area contributed by atoms with Gasteiger partial charge in [-0.05, 0) is 25.0 Å². The molecule has 2 fully saturated rings. The van der Waals surface area contributed by atoms with Crippen molar-refractivity contribution in [3.63, 3.8) is 0 Å². The van der Waals surface area contributed by atoms with E-state index in [9.17, 15) is 27.6 Å². The largest absolute Gasteiger partial charge is 0.436 e. The van der Waals surface area contributed by atoms with Crippen LogP contribution < -0.4 is 11.5 Å². The van der Waals surface area contributed by atoms with E-state index in [0.29, 0.717) is 42.8 Å². The summed E-state index contributed by atoms with van der Waals surface area (Å²) in [5.41, 5.74) is 11.4. The summed E-state index contributed by atoms with van der Waals surface area (Å²) in [5, 5.41) is 14.9. The highest BCUT2D eigenvalue weighted by atomic mass is 19.4. The highest BCUT2D eigenvalue weighted by Gasteiger charge is 2.50. The summed E-state index contributed by atoms with van der Waals surface area (Å²) in [7, 11) is 0. The second-order valence-electron chi connectivity index (χ2n) is 10.5. The Balaban J connectivity index is 1.17. The number of rotatable bonds is 5. The Labute approximate surface area is 235 Å². The molecular weight excluding hydrogens is 558 g/mol. The van der Waals surface area contributed by atoms with E-state index >= 15 is 0 Å². The van der Waals surface area contributed by atoms with E-state index in [1.807, 2.05) is 6.07 Å². The molecule has 0 unspecified atom stereocenters. The summed E-state index contributed by atoms with van der Waals surface area (Å²) in [6.45, 7) is 1.36. The zero-order chi connectivity index (χ0) is 29.8. The monoisotopic (exact) mass is 583 g/mol. The van der Waals surface area contributed by atoms with E-state index in [4.69, 9.17) is 11.5 Å². The third-order valence-corrected chi connectivity index (χ3v) is 8.05. The Bertz CT molecular complexity index is 1710. The lowest BCUT2D eigenvalue weighted by molar-refractivity contribution is -0.143. The van der Waals surface area contributed by atoms with E-state index in [2.05, 4.69) is 36.0 Å². The fraction of sp³-hybridized carbons (Fsp3) is 0.385. The summed E-state index contributed by atoms with van der Waals surface area (Å²) >= 11 is 0. The minimum absolute atomic E-state index is 0.0313. The van der Waals surface area contributed by atoms with Crippen LogP contribution in [0.4, 0.5) is 29.2 Å². The molecule has 16 heteroatoms. The number of pyridine rings is 1. The van der Waals surface area contributed by atoms with Crippen LogP contribution in [0.5, 0.6) is 0 Å². The Morgan fingerprint density at radius 1 is 1.17 bits per heavy atom. The molecule has 0 radical (unpaired) electrons. The van der Waals surface area contributed by atoms with Crippen molar-refractivity contribution in [2.24, 2.45) is 0 Å². The first kappa shape index (κ1) is 27.4. The van der Waals surface area contributed by atoms with Crippen LogP contribution in [-0.2, 0) is 11.7 Å². The number of aromatic amines is 1. The van der Waals surface area contributed by atoms with Crippen LogP contribution in [0.25, 0.3) is 22.3 Å². The molecule has 0 aromatic carbocycles. The predicted molar refractivity (Wildman–Crippen MR) is 142 cm³/mol. The predicted octanol–water partition coefficient (Wildman–Crippen LogP) is 2.77. The van der Waals surface area contributed by atoms with Gasteiger partial charge in [-0.3, -0.25) is 9.69 Å². The fourth-order valence-corrected chi connectivity index (χ4v) is 5.97. The molecule has 0 bridgehead atoms. The number of nitrogen functional groups attached to an aromatic ring is 2. The second-order valence-corrected chi connectivity index (χ2v) is 10.5. The Hall–Kier alpha value is -4.78. The van der Waals surface area contributed by atoms with Gasteiger partial charge < -0.3 is 21.4 Å². The van der Waals surface area contributed by atoms with Crippen LogP contribution in [-0.4, -0.2) is 77.6 Å². The highest BCUT2D eigenvalue weighted by molar-refractivity contribution is 5.97. The number of anilines is 2. The number of aromatic nitrogens is 6. The zero-order valence-corrected chi connectivity index (χ0v) is 22.1. The van der Waals surface area contributed by atoms with Crippen LogP contribution in [0.15, 0.2) is 30.9 Å². The van der Waals surface area contributed by atoms with Crippen LogP contribution in [0, 0.1) is 17.1 Å². The molecule has 4 aromatic rings. The molecule has 6 rings (SSSR count). The van der Waals surface area contributed by atoms with Gasteiger partial charge in [0.2, 0.25) is 0 Å². The number of nitriles is 1. The molecule has 0 aliphatic carbocycles. The van der Waals surface area contributed by atoms with Crippen LogP contribution in [0.2, 0.25) is 0 Å². The van der Waals surface area contributed by atoms with Crippen molar-refractivity contribution in [2.75, 3.05) is 37.6 Å². The van der Waals surface area contributed by atoms with Crippen molar-refractivity contribution >= 4 is 28.6 Å². The van der Waals surface area contributed by atoms with Crippen LogP contribution in [0.1, 0.15) is 35.3 Å². The minimum atomic E-state index is -5.01. The first-order chi connectivity index (χ1) is 20.0. The van der Waals surface area contributed by atoms with Gasteiger partial charge in [-0.15, -0.1) is 0 Å². The molecule has 42 heavy (non-hydrogen) atoms. The Kier molecular flexibility index (Phi) is 6.49. The molecule has 1 amide bonds. The summed E-state index contributed by atoms with van der Waals surface area (Å²) in [5.74, 6) is -2.03. The third-order valence-electron chi connectivity index (χ3n) is 8.05. The molecule has 12 nitrogen and oxygen atoms in total. The molecule has 6 heterocycles. The summed E-state index contributed by atoms with van der Waals surface area (Å²) < 4.78 is 55.3. The Morgan fingerprint density at radius 3 is 2.60 bits per heavy atom. The lowest BCUT2D eigenvalue weighted by atomic mass is 9.83. The number of nitrogens with one attached hydrogen (secondary N) is 1. The number of H-pyrrole nitrogens is 1. The van der Waals surface area contributed by atoms with Gasteiger partial charge in [0.05, 0.1) is 29.3 Å². The molecule has 0 atom stereocenters. The van der Waals surface area contributed by atoms with Crippen molar-refractivity contribution < 1.29 is 22.4 Å². The van der Waals surface area contributed by atoms with Crippen molar-refractivity contribution in [1.29, 1.82) is 5.26 Å². The molecule has 218 valence electrons. The maximum absolute atomic E-state index is 14.5. The molecule has 2 saturated heterocycles. The number of hydrogen-bond acceptors (Lipinski definition) is 9. The van der Waals surface area contributed by atoms with E-state index in [1.54, 1.807) is 10.9 Å². The number of alkyl halides is 3. The number of piperidine rings is 1. The Morgan fingerprint density at radius 2 is 1.90 bits per heavy atom. The normalized spacial score (nSPS) is 17.7. The zero-order valence-electron chi connectivity index (χ0n) is 22.1. The average Bonchev–Trinajstić information content (AvgIpc) is 3.54. The maximum Gasteiger partial charge on any atom is 0.436 e. The number of carbonyl (C=O) groups is 1. The van der Waals surface area contributed by atoms with Crippen molar-refractivity contribution in [2.45, 2.75) is 37.0 Å². The number of likely N-dealkylation sites (tertiary alicyclic amines) is 2. The second kappa shape index (κ2) is 9.94. The van der Waals surface area contributed by atoms with Gasteiger partial charge in [0, 0.05) is 50.0 Å². The molecule has 2 aliphatic heterocycles. The van der Waals surface area contributed by atoms with Crippen LogP contribution >= 0.6 is 0 Å². The molecular formula is C26H25F4N11O. The number of nitrogens with zero attached hydrogens (tertiary/aromatic N) is 8. The third kappa shape index (κ3) is 4.36.